The van der Waals surface area contributed by atoms with Crippen molar-refractivity contribution in [3.63, 3.8) is 0 Å². The smallest absolute Gasteiger partial charge is 0.373 e. The fourth-order valence-corrected chi connectivity index (χ4v) is 2.12. The Kier molecular flexibility index (Phi) is 2.66. The molecule has 1 aromatic heterocycles. The normalized spacial score (nSPS) is 14.6. The number of aromatic carboxylic acids is 1. The first-order valence-electron chi connectivity index (χ1n) is 6.38. The minimum atomic E-state index is -1.04. The van der Waals surface area contributed by atoms with Gasteiger partial charge in [-0.2, -0.15) is 0 Å². The minimum Gasteiger partial charge on any atom is -0.475 e. The van der Waals surface area contributed by atoms with Crippen LogP contribution >= 0.6 is 0 Å². The van der Waals surface area contributed by atoms with Crippen LogP contribution in [0.5, 0.6) is 0 Å². The maximum absolute atomic E-state index is 11.2. The van der Waals surface area contributed by atoms with Crippen molar-refractivity contribution in [1.82, 2.24) is 4.98 Å². The topological polar surface area (TPSA) is 63.3 Å². The van der Waals surface area contributed by atoms with Crippen LogP contribution in [-0.2, 0) is 0 Å². The van der Waals surface area contributed by atoms with Gasteiger partial charge in [-0.25, -0.2) is 9.78 Å². The number of aromatic nitrogens is 1. The van der Waals surface area contributed by atoms with Gasteiger partial charge in [-0.1, -0.05) is 6.07 Å². The molecular formula is C15H15NO3. The van der Waals surface area contributed by atoms with E-state index in [0.717, 1.165) is 24.0 Å². The highest BCUT2D eigenvalue weighted by Gasteiger charge is 2.33. The quantitative estimate of drug-likeness (QED) is 0.913. The van der Waals surface area contributed by atoms with E-state index < -0.39 is 5.97 Å². The summed E-state index contributed by atoms with van der Waals surface area (Å²) in [5.41, 5.74) is 3.76. The van der Waals surface area contributed by atoms with Crippen LogP contribution in [0.2, 0.25) is 0 Å². The van der Waals surface area contributed by atoms with E-state index in [1.807, 2.05) is 32.0 Å². The standard InChI is InChI=1S/C15H15NO3/c1-8-3-4-11(7-9(8)2)14-16-12(10-5-6-10)13(19-14)15(17)18/h3-4,7,10H,5-6H2,1-2H3,(H,17,18). The SMILES string of the molecule is Cc1ccc(-c2nc(C3CC3)c(C(=O)O)o2)cc1C. The molecule has 1 aromatic carbocycles. The number of hydrogen-bond donors (Lipinski definition) is 1. The number of oxazole rings is 1. The molecule has 0 unspecified atom stereocenters. The first-order chi connectivity index (χ1) is 9.06. The third kappa shape index (κ3) is 2.14. The highest BCUT2D eigenvalue weighted by atomic mass is 16.4. The zero-order valence-corrected chi connectivity index (χ0v) is 10.9. The molecule has 1 N–H and O–H groups in total. The van der Waals surface area contributed by atoms with E-state index in [1.54, 1.807) is 0 Å². The van der Waals surface area contributed by atoms with Gasteiger partial charge in [-0.05, 0) is 49.9 Å². The van der Waals surface area contributed by atoms with E-state index in [1.165, 1.54) is 5.56 Å². The van der Waals surface area contributed by atoms with Crippen molar-refractivity contribution in [2.75, 3.05) is 0 Å². The average Bonchev–Trinajstić information content (AvgIpc) is 3.11. The summed E-state index contributed by atoms with van der Waals surface area (Å²) in [7, 11) is 0. The Morgan fingerprint density at radius 1 is 1.32 bits per heavy atom. The van der Waals surface area contributed by atoms with Crippen molar-refractivity contribution < 1.29 is 14.3 Å². The van der Waals surface area contributed by atoms with E-state index in [2.05, 4.69) is 4.98 Å². The van der Waals surface area contributed by atoms with Crippen LogP contribution in [0, 0.1) is 13.8 Å². The Balaban J connectivity index is 2.07. The summed E-state index contributed by atoms with van der Waals surface area (Å²) in [6, 6.07) is 5.88. The molecular weight excluding hydrogens is 242 g/mol. The van der Waals surface area contributed by atoms with Gasteiger partial charge in [-0.3, -0.25) is 0 Å². The minimum absolute atomic E-state index is 0.00396. The third-order valence-electron chi connectivity index (χ3n) is 3.57. The summed E-state index contributed by atoms with van der Waals surface area (Å²) < 4.78 is 5.45. The molecule has 0 bridgehead atoms. The monoisotopic (exact) mass is 257 g/mol. The largest absolute Gasteiger partial charge is 0.475 e. The molecule has 1 heterocycles. The zero-order valence-electron chi connectivity index (χ0n) is 10.9. The zero-order chi connectivity index (χ0) is 13.6. The van der Waals surface area contributed by atoms with Crippen LogP contribution < -0.4 is 0 Å². The molecule has 98 valence electrons. The fraction of sp³-hybridized carbons (Fsp3) is 0.333. The molecule has 19 heavy (non-hydrogen) atoms. The van der Waals surface area contributed by atoms with Crippen LogP contribution in [0.25, 0.3) is 11.5 Å². The Bertz CT molecular complexity index is 653. The van der Waals surface area contributed by atoms with Crippen molar-refractivity contribution in [1.29, 1.82) is 0 Å². The molecule has 1 aliphatic rings. The predicted molar refractivity (Wildman–Crippen MR) is 70.3 cm³/mol. The first-order valence-corrected chi connectivity index (χ1v) is 6.38. The molecule has 4 nitrogen and oxygen atoms in total. The number of rotatable bonds is 3. The predicted octanol–water partition coefficient (Wildman–Crippen LogP) is 3.53. The van der Waals surface area contributed by atoms with Crippen LogP contribution in [0.3, 0.4) is 0 Å². The molecule has 1 fully saturated rings. The number of nitrogens with zero attached hydrogens (tertiary/aromatic N) is 1. The van der Waals surface area contributed by atoms with Crippen molar-refractivity contribution in [3.8, 4) is 11.5 Å². The van der Waals surface area contributed by atoms with E-state index in [4.69, 9.17) is 9.52 Å². The van der Waals surface area contributed by atoms with Crippen molar-refractivity contribution in [3.05, 3.63) is 40.8 Å². The van der Waals surface area contributed by atoms with Crippen LogP contribution in [0.4, 0.5) is 0 Å². The van der Waals surface area contributed by atoms with E-state index in [9.17, 15) is 4.79 Å². The Hall–Kier alpha value is -2.10. The maximum Gasteiger partial charge on any atom is 0.373 e. The highest BCUT2D eigenvalue weighted by molar-refractivity contribution is 5.86. The van der Waals surface area contributed by atoms with Crippen molar-refractivity contribution >= 4 is 5.97 Å². The summed E-state index contributed by atoms with van der Waals surface area (Å²) in [5, 5.41) is 9.17. The maximum atomic E-state index is 11.2. The summed E-state index contributed by atoms with van der Waals surface area (Å²) in [5.74, 6) is -0.377. The number of carbonyl (C=O) groups is 1. The third-order valence-corrected chi connectivity index (χ3v) is 3.57. The van der Waals surface area contributed by atoms with E-state index >= 15 is 0 Å². The number of aryl methyl sites for hydroxylation is 2. The summed E-state index contributed by atoms with van der Waals surface area (Å²) >= 11 is 0. The summed E-state index contributed by atoms with van der Waals surface area (Å²) in [4.78, 5) is 15.6. The molecule has 1 saturated carbocycles. The lowest BCUT2D eigenvalue weighted by atomic mass is 10.1. The van der Waals surface area contributed by atoms with Crippen LogP contribution in [0.1, 0.15) is 46.1 Å². The van der Waals surface area contributed by atoms with Crippen molar-refractivity contribution in [2.45, 2.75) is 32.6 Å². The summed E-state index contributed by atoms with van der Waals surface area (Å²) in [6.07, 6.45) is 2.00. The number of benzene rings is 1. The van der Waals surface area contributed by atoms with Gasteiger partial charge in [0.25, 0.3) is 0 Å². The molecule has 0 atom stereocenters. The second-order valence-corrected chi connectivity index (χ2v) is 5.11. The second kappa shape index (κ2) is 4.23. The van der Waals surface area contributed by atoms with Gasteiger partial charge in [-0.15, -0.1) is 0 Å². The molecule has 0 amide bonds. The Morgan fingerprint density at radius 3 is 2.63 bits per heavy atom. The van der Waals surface area contributed by atoms with Gasteiger partial charge in [0.2, 0.25) is 11.7 Å². The Morgan fingerprint density at radius 2 is 2.05 bits per heavy atom. The van der Waals surface area contributed by atoms with Gasteiger partial charge < -0.3 is 9.52 Å². The van der Waals surface area contributed by atoms with Gasteiger partial charge >= 0.3 is 5.97 Å². The molecule has 0 radical (unpaired) electrons. The van der Waals surface area contributed by atoms with Gasteiger partial charge in [0.05, 0.1) is 5.69 Å². The second-order valence-electron chi connectivity index (χ2n) is 5.11. The molecule has 0 spiro atoms. The first kappa shape index (κ1) is 12.0. The number of hydrogen-bond acceptors (Lipinski definition) is 3. The lowest BCUT2D eigenvalue weighted by molar-refractivity contribution is 0.0661. The van der Waals surface area contributed by atoms with Crippen LogP contribution in [0.15, 0.2) is 22.6 Å². The van der Waals surface area contributed by atoms with Crippen molar-refractivity contribution in [2.24, 2.45) is 0 Å². The average molecular weight is 257 g/mol. The van der Waals surface area contributed by atoms with Gasteiger partial charge in [0.1, 0.15) is 0 Å². The van der Waals surface area contributed by atoms with E-state index in [-0.39, 0.29) is 11.7 Å². The summed E-state index contributed by atoms with van der Waals surface area (Å²) in [6.45, 7) is 4.05. The molecule has 2 aromatic rings. The molecule has 0 aliphatic heterocycles. The molecule has 1 aliphatic carbocycles. The lowest BCUT2D eigenvalue weighted by Gasteiger charge is -2.01. The molecule has 3 rings (SSSR count). The molecule has 4 heteroatoms. The van der Waals surface area contributed by atoms with Gasteiger partial charge in [0, 0.05) is 11.5 Å². The Labute approximate surface area is 111 Å². The van der Waals surface area contributed by atoms with Gasteiger partial charge in [0.15, 0.2) is 0 Å². The lowest BCUT2D eigenvalue weighted by Crippen LogP contribution is -1.98. The highest BCUT2D eigenvalue weighted by Crippen LogP contribution is 2.42. The fourth-order valence-electron chi connectivity index (χ4n) is 2.12. The number of carboxylic acids is 1. The molecule has 0 saturated heterocycles. The van der Waals surface area contributed by atoms with E-state index in [0.29, 0.717) is 11.6 Å². The van der Waals surface area contributed by atoms with Crippen LogP contribution in [-0.4, -0.2) is 16.1 Å². The number of carboxylic acid groups (broad SMARTS) is 1.